The van der Waals surface area contributed by atoms with Crippen LogP contribution < -0.4 is 10.1 Å². The highest BCUT2D eigenvalue weighted by Crippen LogP contribution is 2.38. The smallest absolute Gasteiger partial charge is 0.418 e. The second kappa shape index (κ2) is 7.83. The highest BCUT2D eigenvalue weighted by atomic mass is 19.4. The van der Waals surface area contributed by atoms with Gasteiger partial charge in [-0.2, -0.15) is 13.2 Å². The molecule has 5 nitrogen and oxygen atoms in total. The first-order valence-corrected chi connectivity index (χ1v) is 8.52. The number of hydrogen-bond acceptors (Lipinski definition) is 4. The molecule has 0 atom stereocenters. The van der Waals surface area contributed by atoms with Gasteiger partial charge >= 0.3 is 12.1 Å². The van der Waals surface area contributed by atoms with Gasteiger partial charge in [-0.15, -0.1) is 0 Å². The quantitative estimate of drug-likeness (QED) is 0.587. The van der Waals surface area contributed by atoms with Crippen LogP contribution in [0.3, 0.4) is 0 Å². The second-order valence-corrected chi connectivity index (χ2v) is 6.28. The maximum atomic E-state index is 13.7. The van der Waals surface area contributed by atoms with Crippen LogP contribution in [0.1, 0.15) is 21.5 Å². The van der Waals surface area contributed by atoms with E-state index < -0.39 is 17.7 Å². The minimum absolute atomic E-state index is 0.0285. The van der Waals surface area contributed by atoms with Crippen LogP contribution in [0, 0.1) is 6.92 Å². The molecule has 29 heavy (non-hydrogen) atoms. The Labute approximate surface area is 164 Å². The van der Waals surface area contributed by atoms with Crippen LogP contribution in [0.15, 0.2) is 54.7 Å². The zero-order chi connectivity index (χ0) is 21.2. The number of rotatable bonds is 5. The van der Waals surface area contributed by atoms with E-state index >= 15 is 0 Å². The summed E-state index contributed by atoms with van der Waals surface area (Å²) in [5.41, 5.74) is -0.160. The Bertz CT molecular complexity index is 1070. The fraction of sp³-hybridized carbons (Fsp3) is 0.143. The summed E-state index contributed by atoms with van der Waals surface area (Å²) in [5.74, 6) is -0.779. The van der Waals surface area contributed by atoms with Crippen molar-refractivity contribution >= 4 is 17.3 Å². The van der Waals surface area contributed by atoms with Crippen LogP contribution in [-0.4, -0.2) is 23.2 Å². The fourth-order valence-corrected chi connectivity index (χ4v) is 2.91. The molecule has 2 N–H and O–H groups in total. The van der Waals surface area contributed by atoms with Crippen LogP contribution in [-0.2, 0) is 6.18 Å². The second-order valence-electron chi connectivity index (χ2n) is 6.28. The number of carbonyl (C=O) groups is 1. The van der Waals surface area contributed by atoms with Gasteiger partial charge in [0, 0.05) is 5.56 Å². The van der Waals surface area contributed by atoms with Gasteiger partial charge in [0.2, 0.25) is 0 Å². The highest BCUT2D eigenvalue weighted by Gasteiger charge is 2.35. The molecule has 2 aromatic carbocycles. The summed E-state index contributed by atoms with van der Waals surface area (Å²) in [6.07, 6.45) is -3.42. The number of halogens is 3. The summed E-state index contributed by atoms with van der Waals surface area (Å²) < 4.78 is 46.3. The molecule has 0 aliphatic rings. The van der Waals surface area contributed by atoms with Crippen molar-refractivity contribution in [3.8, 4) is 17.0 Å². The molecule has 0 aliphatic heterocycles. The Kier molecular flexibility index (Phi) is 5.45. The highest BCUT2D eigenvalue weighted by molar-refractivity contribution is 5.96. The zero-order valence-corrected chi connectivity index (χ0v) is 15.5. The fourth-order valence-electron chi connectivity index (χ4n) is 2.91. The lowest BCUT2D eigenvalue weighted by molar-refractivity contribution is -0.137. The number of pyridine rings is 1. The summed E-state index contributed by atoms with van der Waals surface area (Å²) in [6, 6.07) is 11.7. The van der Waals surface area contributed by atoms with Crippen LogP contribution in [0.4, 0.5) is 24.5 Å². The van der Waals surface area contributed by atoms with Crippen molar-refractivity contribution in [3.05, 3.63) is 71.4 Å². The topological polar surface area (TPSA) is 71.5 Å². The van der Waals surface area contributed by atoms with Gasteiger partial charge in [0.25, 0.3) is 0 Å². The number of para-hydroxylation sites is 1. The number of nitrogens with one attached hydrogen (secondary N) is 1. The third-order valence-electron chi connectivity index (χ3n) is 4.31. The van der Waals surface area contributed by atoms with Gasteiger partial charge in [0.05, 0.1) is 41.5 Å². The van der Waals surface area contributed by atoms with Gasteiger partial charge in [-0.05, 0) is 36.8 Å². The summed E-state index contributed by atoms with van der Waals surface area (Å²) in [5, 5.41) is 12.1. The van der Waals surface area contributed by atoms with Crippen molar-refractivity contribution in [1.29, 1.82) is 0 Å². The molecule has 0 saturated carbocycles. The molecule has 8 heteroatoms. The van der Waals surface area contributed by atoms with Crippen molar-refractivity contribution in [1.82, 2.24) is 4.98 Å². The largest absolute Gasteiger partial charge is 0.497 e. The Morgan fingerprint density at radius 1 is 1.14 bits per heavy atom. The van der Waals surface area contributed by atoms with Gasteiger partial charge in [-0.25, -0.2) is 4.79 Å². The summed E-state index contributed by atoms with van der Waals surface area (Å²) >= 11 is 0. The number of benzene rings is 2. The number of aromatic carboxylic acids is 1. The predicted octanol–water partition coefficient (Wildman–Crippen LogP) is 5.53. The van der Waals surface area contributed by atoms with Crippen LogP contribution in [0.5, 0.6) is 5.75 Å². The number of aryl methyl sites for hydroxylation is 1. The van der Waals surface area contributed by atoms with E-state index in [0.29, 0.717) is 11.3 Å². The van der Waals surface area contributed by atoms with Crippen LogP contribution >= 0.6 is 0 Å². The lowest BCUT2D eigenvalue weighted by Crippen LogP contribution is -2.10. The van der Waals surface area contributed by atoms with E-state index in [-0.39, 0.29) is 28.2 Å². The van der Waals surface area contributed by atoms with E-state index in [0.717, 1.165) is 6.07 Å². The Morgan fingerprint density at radius 3 is 2.52 bits per heavy atom. The average molecular weight is 402 g/mol. The number of anilines is 2. The molecule has 3 aromatic rings. The number of hydrogen-bond donors (Lipinski definition) is 2. The van der Waals surface area contributed by atoms with Crippen molar-refractivity contribution < 1.29 is 27.8 Å². The Balaban J connectivity index is 2.09. The van der Waals surface area contributed by atoms with Gasteiger partial charge < -0.3 is 15.2 Å². The van der Waals surface area contributed by atoms with Gasteiger partial charge in [0.15, 0.2) is 0 Å². The van der Waals surface area contributed by atoms with Gasteiger partial charge in [0.1, 0.15) is 5.75 Å². The normalized spacial score (nSPS) is 11.2. The first kappa shape index (κ1) is 20.2. The van der Waals surface area contributed by atoms with E-state index in [2.05, 4.69) is 10.3 Å². The first-order valence-electron chi connectivity index (χ1n) is 8.52. The summed E-state index contributed by atoms with van der Waals surface area (Å²) in [7, 11) is 1.42. The molecule has 0 unspecified atom stereocenters. The molecule has 0 saturated heterocycles. The average Bonchev–Trinajstić information content (AvgIpc) is 2.68. The first-order chi connectivity index (χ1) is 13.7. The summed E-state index contributed by atoms with van der Waals surface area (Å²) in [6.45, 7) is 1.66. The standard InChI is InChI=1S/C21H17F3N2O3/c1-12-5-3-8-16(20(27)28)18(12)26-14-10-17(21(22,23)24)19(25-11-14)13-6-4-7-15(9-13)29-2/h3-11,26H,1-2H3,(H,27,28). The molecule has 0 aliphatic carbocycles. The molecule has 3 rings (SSSR count). The molecule has 1 aromatic heterocycles. The van der Waals surface area contributed by atoms with E-state index in [1.807, 2.05) is 0 Å². The van der Waals surface area contributed by atoms with Crippen LogP contribution in [0.2, 0.25) is 0 Å². The Morgan fingerprint density at radius 2 is 1.86 bits per heavy atom. The van der Waals surface area contributed by atoms with Gasteiger partial charge in [-0.3, -0.25) is 4.98 Å². The van der Waals surface area contributed by atoms with Gasteiger partial charge in [-0.1, -0.05) is 24.3 Å². The molecular formula is C21H17F3N2O3. The molecule has 0 spiro atoms. The van der Waals surface area contributed by atoms with Crippen molar-refractivity contribution in [2.75, 3.05) is 12.4 Å². The predicted molar refractivity (Wildman–Crippen MR) is 103 cm³/mol. The molecule has 0 fully saturated rings. The maximum absolute atomic E-state index is 13.7. The van der Waals surface area contributed by atoms with E-state index in [1.54, 1.807) is 31.2 Å². The number of alkyl halides is 3. The SMILES string of the molecule is COc1cccc(-c2ncc(Nc3c(C)cccc3C(=O)O)cc2C(F)(F)F)c1. The molecule has 150 valence electrons. The van der Waals surface area contributed by atoms with Crippen molar-refractivity contribution in [2.24, 2.45) is 0 Å². The third kappa shape index (κ3) is 4.31. The zero-order valence-electron chi connectivity index (χ0n) is 15.5. The number of ether oxygens (including phenoxy) is 1. The van der Waals surface area contributed by atoms with Crippen molar-refractivity contribution in [2.45, 2.75) is 13.1 Å². The van der Waals surface area contributed by atoms with E-state index in [1.165, 1.54) is 31.5 Å². The molecule has 0 amide bonds. The van der Waals surface area contributed by atoms with E-state index in [4.69, 9.17) is 4.74 Å². The minimum Gasteiger partial charge on any atom is -0.497 e. The number of nitrogens with zero attached hydrogens (tertiary/aromatic N) is 1. The Hall–Kier alpha value is -3.55. The number of methoxy groups -OCH3 is 1. The molecular weight excluding hydrogens is 385 g/mol. The number of aromatic nitrogens is 1. The lowest BCUT2D eigenvalue weighted by atomic mass is 10.0. The van der Waals surface area contributed by atoms with Crippen molar-refractivity contribution in [3.63, 3.8) is 0 Å². The molecule has 0 bridgehead atoms. The molecule has 1 heterocycles. The number of carboxylic acid groups (broad SMARTS) is 1. The third-order valence-corrected chi connectivity index (χ3v) is 4.31. The number of carboxylic acids is 1. The summed E-state index contributed by atoms with van der Waals surface area (Å²) in [4.78, 5) is 15.4. The monoisotopic (exact) mass is 402 g/mol. The molecule has 0 radical (unpaired) electrons. The minimum atomic E-state index is -4.66. The van der Waals surface area contributed by atoms with Crippen LogP contribution in [0.25, 0.3) is 11.3 Å². The van der Waals surface area contributed by atoms with E-state index in [9.17, 15) is 23.1 Å². The lowest BCUT2D eigenvalue weighted by Gasteiger charge is -2.17. The maximum Gasteiger partial charge on any atom is 0.418 e.